The summed E-state index contributed by atoms with van der Waals surface area (Å²) in [4.78, 5) is 30.4. The summed E-state index contributed by atoms with van der Waals surface area (Å²) in [5.41, 5.74) is 1.39. The number of halogens is 1. The summed E-state index contributed by atoms with van der Waals surface area (Å²) in [6.07, 6.45) is 1.67. The van der Waals surface area contributed by atoms with Crippen molar-refractivity contribution in [1.82, 2.24) is 4.98 Å². The molecule has 0 aliphatic rings. The number of nitro groups is 1. The summed E-state index contributed by atoms with van der Waals surface area (Å²) in [6, 6.07) is 14.2. The normalized spacial score (nSPS) is 10.5. The third-order valence-electron chi connectivity index (χ3n) is 3.73. The number of amides is 1. The van der Waals surface area contributed by atoms with Crippen LogP contribution in [0.3, 0.4) is 0 Å². The smallest absolute Gasteiger partial charge is 0.283 e. The van der Waals surface area contributed by atoms with Crippen LogP contribution in [0.25, 0.3) is 0 Å². The number of nitrogens with zero attached hydrogens (tertiary/aromatic N) is 3. The molecule has 8 heteroatoms. The van der Waals surface area contributed by atoms with Gasteiger partial charge >= 0.3 is 0 Å². The van der Waals surface area contributed by atoms with Crippen LogP contribution in [0.4, 0.5) is 11.4 Å². The second-order valence-corrected chi connectivity index (χ2v) is 7.67. The lowest BCUT2D eigenvalue weighted by atomic mass is 10.2. The van der Waals surface area contributed by atoms with Crippen molar-refractivity contribution in [3.8, 4) is 0 Å². The first kappa shape index (κ1) is 18.2. The van der Waals surface area contributed by atoms with Crippen molar-refractivity contribution in [3.63, 3.8) is 0 Å². The molecule has 1 aromatic carbocycles. The number of pyridine rings is 1. The molecule has 26 heavy (non-hydrogen) atoms. The van der Waals surface area contributed by atoms with Crippen molar-refractivity contribution in [2.45, 2.75) is 13.5 Å². The summed E-state index contributed by atoms with van der Waals surface area (Å²) in [6.45, 7) is 1.91. The van der Waals surface area contributed by atoms with Gasteiger partial charge in [0.15, 0.2) is 0 Å². The topological polar surface area (TPSA) is 76.3 Å². The first-order valence-electron chi connectivity index (χ1n) is 7.68. The van der Waals surface area contributed by atoms with Crippen molar-refractivity contribution in [2.24, 2.45) is 0 Å². The Bertz CT molecular complexity index is 942. The summed E-state index contributed by atoms with van der Waals surface area (Å²) in [5.74, 6) is -0.292. The molecule has 0 unspecified atom stereocenters. The van der Waals surface area contributed by atoms with Gasteiger partial charge in [0.1, 0.15) is 0 Å². The van der Waals surface area contributed by atoms with Gasteiger partial charge in [-0.15, -0.1) is 11.3 Å². The molecule has 0 N–H and O–H groups in total. The van der Waals surface area contributed by atoms with Gasteiger partial charge in [-0.25, -0.2) is 0 Å². The number of hydrogen-bond donors (Lipinski definition) is 0. The van der Waals surface area contributed by atoms with Crippen LogP contribution in [0, 0.1) is 17.0 Å². The van der Waals surface area contributed by atoms with E-state index in [-0.39, 0.29) is 18.1 Å². The molecule has 0 spiro atoms. The SMILES string of the molecule is Cc1sc(C(=O)N(Cc2ccccn2)c2ccc(Br)cc2)cc1[N+](=O)[O-]. The van der Waals surface area contributed by atoms with E-state index in [1.54, 1.807) is 24.1 Å². The summed E-state index contributed by atoms with van der Waals surface area (Å²) >= 11 is 4.51. The summed E-state index contributed by atoms with van der Waals surface area (Å²) < 4.78 is 0.897. The minimum atomic E-state index is -0.467. The zero-order valence-electron chi connectivity index (χ0n) is 13.8. The van der Waals surface area contributed by atoms with Crippen LogP contribution in [0.1, 0.15) is 20.2 Å². The third kappa shape index (κ3) is 3.97. The fourth-order valence-corrected chi connectivity index (χ4v) is 3.65. The van der Waals surface area contributed by atoms with E-state index in [2.05, 4.69) is 20.9 Å². The van der Waals surface area contributed by atoms with E-state index >= 15 is 0 Å². The van der Waals surface area contributed by atoms with Crippen LogP contribution >= 0.6 is 27.3 Å². The largest absolute Gasteiger partial charge is 0.302 e. The number of aryl methyl sites for hydroxylation is 1. The Kier molecular flexibility index (Phi) is 5.43. The molecule has 1 amide bonds. The van der Waals surface area contributed by atoms with E-state index in [1.807, 2.05) is 36.4 Å². The van der Waals surface area contributed by atoms with E-state index in [1.165, 1.54) is 6.07 Å². The fourth-order valence-electron chi connectivity index (χ4n) is 2.45. The van der Waals surface area contributed by atoms with Crippen molar-refractivity contribution in [2.75, 3.05) is 4.90 Å². The van der Waals surface area contributed by atoms with E-state index in [0.717, 1.165) is 21.5 Å². The molecule has 6 nitrogen and oxygen atoms in total. The highest BCUT2D eigenvalue weighted by Crippen LogP contribution is 2.31. The molecular weight excluding hydrogens is 418 g/mol. The molecule has 0 saturated carbocycles. The van der Waals surface area contributed by atoms with Crippen LogP contribution in [0.15, 0.2) is 59.2 Å². The van der Waals surface area contributed by atoms with Gasteiger partial charge in [0.2, 0.25) is 0 Å². The predicted molar refractivity (Wildman–Crippen MR) is 105 cm³/mol. The highest BCUT2D eigenvalue weighted by Gasteiger charge is 2.25. The second-order valence-electron chi connectivity index (χ2n) is 5.50. The van der Waals surface area contributed by atoms with Crippen molar-refractivity contribution < 1.29 is 9.72 Å². The zero-order valence-corrected chi connectivity index (χ0v) is 16.2. The molecule has 0 saturated heterocycles. The average Bonchev–Trinajstić information content (AvgIpc) is 3.03. The summed E-state index contributed by atoms with van der Waals surface area (Å²) in [7, 11) is 0. The van der Waals surface area contributed by atoms with Crippen LogP contribution in [-0.4, -0.2) is 15.8 Å². The van der Waals surface area contributed by atoms with Gasteiger partial charge in [-0.1, -0.05) is 22.0 Å². The molecule has 3 aromatic rings. The third-order valence-corrected chi connectivity index (χ3v) is 5.29. The van der Waals surface area contributed by atoms with Gasteiger partial charge in [0.25, 0.3) is 11.6 Å². The van der Waals surface area contributed by atoms with E-state index in [9.17, 15) is 14.9 Å². The van der Waals surface area contributed by atoms with Crippen LogP contribution in [0.2, 0.25) is 0 Å². The average molecular weight is 432 g/mol. The second kappa shape index (κ2) is 7.76. The standard InChI is InChI=1S/C18H14BrN3O3S/c1-12-16(22(24)25)10-17(26-12)18(23)21(11-14-4-2-3-9-20-14)15-7-5-13(19)6-8-15/h2-10H,11H2,1H3. The van der Waals surface area contributed by atoms with Crippen LogP contribution in [-0.2, 0) is 6.54 Å². The molecular formula is C18H14BrN3O3S. The minimum Gasteiger partial charge on any atom is -0.302 e. The number of carbonyl (C=O) groups is 1. The highest BCUT2D eigenvalue weighted by molar-refractivity contribution is 9.10. The maximum atomic E-state index is 13.1. The molecule has 2 heterocycles. The van der Waals surface area contributed by atoms with Gasteiger partial charge in [0.05, 0.1) is 26.9 Å². The Hall–Kier alpha value is -2.58. The Morgan fingerprint density at radius 3 is 2.58 bits per heavy atom. The Morgan fingerprint density at radius 2 is 2.00 bits per heavy atom. The van der Waals surface area contributed by atoms with Crippen molar-refractivity contribution in [3.05, 3.63) is 84.8 Å². The summed E-state index contributed by atoms with van der Waals surface area (Å²) in [5, 5.41) is 11.1. The molecule has 0 aliphatic heterocycles. The Labute approximate surface area is 162 Å². The zero-order chi connectivity index (χ0) is 18.7. The van der Waals surface area contributed by atoms with Crippen LogP contribution in [0.5, 0.6) is 0 Å². The molecule has 2 aromatic heterocycles. The number of benzene rings is 1. The number of aromatic nitrogens is 1. The number of hydrogen-bond acceptors (Lipinski definition) is 5. The molecule has 0 atom stereocenters. The lowest BCUT2D eigenvalue weighted by Gasteiger charge is -2.22. The molecule has 0 radical (unpaired) electrons. The van der Waals surface area contributed by atoms with Gasteiger partial charge in [-0.2, -0.15) is 0 Å². The molecule has 0 aliphatic carbocycles. The Morgan fingerprint density at radius 1 is 1.27 bits per heavy atom. The quantitative estimate of drug-likeness (QED) is 0.422. The predicted octanol–water partition coefficient (Wildman–Crippen LogP) is 4.97. The lowest BCUT2D eigenvalue weighted by molar-refractivity contribution is -0.385. The monoisotopic (exact) mass is 431 g/mol. The molecule has 3 rings (SSSR count). The maximum absolute atomic E-state index is 13.1. The van der Waals surface area contributed by atoms with E-state index in [0.29, 0.717) is 15.4 Å². The van der Waals surface area contributed by atoms with Crippen molar-refractivity contribution >= 4 is 44.5 Å². The van der Waals surface area contributed by atoms with Gasteiger partial charge in [-0.05, 0) is 43.3 Å². The number of rotatable bonds is 5. The van der Waals surface area contributed by atoms with Gasteiger partial charge in [-0.3, -0.25) is 19.9 Å². The number of anilines is 1. The fraction of sp³-hybridized carbons (Fsp3) is 0.111. The lowest BCUT2D eigenvalue weighted by Crippen LogP contribution is -2.30. The first-order chi connectivity index (χ1) is 12.5. The van der Waals surface area contributed by atoms with E-state index < -0.39 is 4.92 Å². The van der Waals surface area contributed by atoms with Crippen LogP contribution < -0.4 is 4.90 Å². The molecule has 0 fully saturated rings. The van der Waals surface area contributed by atoms with Gasteiger partial charge < -0.3 is 4.90 Å². The highest BCUT2D eigenvalue weighted by atomic mass is 79.9. The molecule has 0 bridgehead atoms. The minimum absolute atomic E-state index is 0.0352. The number of thiophene rings is 1. The van der Waals surface area contributed by atoms with E-state index in [4.69, 9.17) is 0 Å². The Balaban J connectivity index is 1.99. The van der Waals surface area contributed by atoms with Gasteiger partial charge in [0, 0.05) is 22.4 Å². The number of carbonyl (C=O) groups excluding carboxylic acids is 1. The maximum Gasteiger partial charge on any atom is 0.283 e. The van der Waals surface area contributed by atoms with Crippen molar-refractivity contribution in [1.29, 1.82) is 0 Å². The first-order valence-corrected chi connectivity index (χ1v) is 9.29. The molecule has 132 valence electrons.